The molecule has 0 aliphatic heterocycles. The molecule has 0 fully saturated rings. The fourth-order valence-electron chi connectivity index (χ4n) is 1.16. The van der Waals surface area contributed by atoms with Gasteiger partial charge in [0.2, 0.25) is 0 Å². The molecule has 2 rings (SSSR count). The average molecular weight is 345 g/mol. The molecule has 0 atom stereocenters. The second-order valence-corrected chi connectivity index (χ2v) is 2.59. The Balaban J connectivity index is 0.000000845. The summed E-state index contributed by atoms with van der Waals surface area (Å²) in [7, 11) is 0. The maximum absolute atomic E-state index is 11.2. The monoisotopic (exact) mass is 346 g/mol. The van der Waals surface area contributed by atoms with Crippen LogP contribution in [0.15, 0.2) is 29.1 Å². The molecule has 0 bridgehead atoms. The van der Waals surface area contributed by atoms with Crippen LogP contribution in [0.5, 0.6) is 0 Å². The van der Waals surface area contributed by atoms with Gasteiger partial charge in [-0.1, -0.05) is 30.1 Å². The molecule has 1 radical (unpaired) electrons. The Labute approximate surface area is 88.9 Å². The van der Waals surface area contributed by atoms with Crippen LogP contribution >= 0.6 is 0 Å². The molecule has 67 valence electrons. The number of benzene rings is 1. The normalized spacial score (nSPS) is 9.62. The Hall–Kier alpha value is -0.978. The van der Waals surface area contributed by atoms with Crippen LogP contribution in [0.25, 0.3) is 10.9 Å². The second kappa shape index (κ2) is 3.82. The molecule has 1 aromatic carbocycles. The number of hydrogen-bond acceptors (Lipinski definition) is 2. The molecule has 13 heavy (non-hydrogen) atoms. The summed E-state index contributed by atoms with van der Waals surface area (Å²) in [5.41, 5.74) is 0.521. The van der Waals surface area contributed by atoms with E-state index in [-0.39, 0.29) is 26.0 Å². The SMILES string of the molecule is Cc1nc2ccccc2c(=O)[n-]1.[Re]. The maximum atomic E-state index is 11.2. The topological polar surface area (TPSA) is 44.1 Å². The minimum atomic E-state index is -0.196. The van der Waals surface area contributed by atoms with Gasteiger partial charge in [-0.25, -0.2) is 0 Å². The van der Waals surface area contributed by atoms with E-state index < -0.39 is 0 Å². The second-order valence-electron chi connectivity index (χ2n) is 2.59. The standard InChI is InChI=1S/C9H8N2O.Re/c1-6-10-8-5-3-2-4-7(8)9(12)11-6;/h2-5H,1H3,(H,10,11,12);/p-1. The van der Waals surface area contributed by atoms with Crippen molar-refractivity contribution in [1.82, 2.24) is 9.97 Å². The number of hydrogen-bond donors (Lipinski definition) is 0. The summed E-state index contributed by atoms with van der Waals surface area (Å²) in [6.07, 6.45) is 0. The van der Waals surface area contributed by atoms with Crippen molar-refractivity contribution >= 4 is 10.9 Å². The summed E-state index contributed by atoms with van der Waals surface area (Å²) >= 11 is 0. The number of fused-ring (bicyclic) bond motifs is 1. The maximum Gasteiger partial charge on any atom is 0.178 e. The molecular formula is C9H7N2ORe-. The zero-order valence-corrected chi connectivity index (χ0v) is 9.71. The van der Waals surface area contributed by atoms with Crippen LogP contribution in [0.3, 0.4) is 0 Å². The van der Waals surface area contributed by atoms with E-state index in [4.69, 9.17) is 0 Å². The van der Waals surface area contributed by atoms with Crippen LogP contribution in [0.2, 0.25) is 0 Å². The van der Waals surface area contributed by atoms with E-state index in [1.807, 2.05) is 18.2 Å². The van der Waals surface area contributed by atoms with Gasteiger partial charge in [0.1, 0.15) is 0 Å². The van der Waals surface area contributed by atoms with Gasteiger partial charge in [0.15, 0.2) is 5.56 Å². The van der Waals surface area contributed by atoms with Gasteiger partial charge in [0.25, 0.3) is 0 Å². The molecule has 0 spiro atoms. The Bertz CT molecular complexity index is 478. The summed E-state index contributed by atoms with van der Waals surface area (Å²) in [5.74, 6) is 0.527. The molecule has 1 heterocycles. The number of aromatic nitrogens is 2. The first-order chi connectivity index (χ1) is 5.77. The van der Waals surface area contributed by atoms with Crippen molar-refractivity contribution in [3.8, 4) is 0 Å². The predicted molar refractivity (Wildman–Crippen MR) is 46.1 cm³/mol. The number of para-hydroxylation sites is 1. The molecular weight excluding hydrogens is 338 g/mol. The minimum Gasteiger partial charge on any atom is -0.439 e. The van der Waals surface area contributed by atoms with Crippen molar-refractivity contribution in [3.63, 3.8) is 0 Å². The van der Waals surface area contributed by atoms with Crippen molar-refractivity contribution < 1.29 is 20.4 Å². The number of rotatable bonds is 0. The van der Waals surface area contributed by atoms with Crippen LogP contribution in [0.4, 0.5) is 0 Å². The Morgan fingerprint density at radius 3 is 2.77 bits per heavy atom. The molecule has 2 aromatic rings. The van der Waals surface area contributed by atoms with Crippen LogP contribution in [0, 0.1) is 6.92 Å². The third kappa shape index (κ3) is 1.85. The fraction of sp³-hybridized carbons (Fsp3) is 0.111. The zero-order valence-electron chi connectivity index (χ0n) is 6.99. The van der Waals surface area contributed by atoms with Gasteiger partial charge in [-0.2, -0.15) is 0 Å². The summed E-state index contributed by atoms with van der Waals surface area (Å²) in [6, 6.07) is 7.21. The largest absolute Gasteiger partial charge is 0.439 e. The Kier molecular flexibility index (Phi) is 2.97. The van der Waals surface area contributed by atoms with Crippen LogP contribution in [0.1, 0.15) is 5.82 Å². The summed E-state index contributed by atoms with van der Waals surface area (Å²) in [6.45, 7) is 1.72. The van der Waals surface area contributed by atoms with Gasteiger partial charge in [0, 0.05) is 25.8 Å². The summed E-state index contributed by atoms with van der Waals surface area (Å²) in [5, 5.41) is 0.586. The molecule has 0 amide bonds. The van der Waals surface area contributed by atoms with Gasteiger partial charge >= 0.3 is 0 Å². The number of nitrogens with zero attached hydrogens (tertiary/aromatic N) is 2. The minimum absolute atomic E-state index is 0. The molecule has 0 aliphatic rings. The Morgan fingerprint density at radius 1 is 1.31 bits per heavy atom. The molecule has 3 nitrogen and oxygen atoms in total. The smallest absolute Gasteiger partial charge is 0.178 e. The van der Waals surface area contributed by atoms with E-state index in [0.717, 1.165) is 5.52 Å². The number of aryl methyl sites for hydroxylation is 1. The van der Waals surface area contributed by atoms with E-state index in [0.29, 0.717) is 11.2 Å². The van der Waals surface area contributed by atoms with E-state index in [9.17, 15) is 4.79 Å². The molecule has 1 aromatic heterocycles. The molecule has 0 saturated heterocycles. The molecule has 0 unspecified atom stereocenters. The van der Waals surface area contributed by atoms with Crippen LogP contribution in [-0.4, -0.2) is 4.98 Å². The van der Waals surface area contributed by atoms with Crippen molar-refractivity contribution in [2.24, 2.45) is 0 Å². The Morgan fingerprint density at radius 2 is 2.00 bits per heavy atom. The van der Waals surface area contributed by atoms with Crippen LogP contribution < -0.4 is 10.5 Å². The summed E-state index contributed by atoms with van der Waals surface area (Å²) < 4.78 is 0. The average Bonchev–Trinajstić information content (AvgIpc) is 2.04. The van der Waals surface area contributed by atoms with Gasteiger partial charge in [0.05, 0.1) is 0 Å². The zero-order chi connectivity index (χ0) is 8.55. The first kappa shape index (κ1) is 10.1. The third-order valence-electron chi connectivity index (χ3n) is 1.68. The van der Waals surface area contributed by atoms with E-state index >= 15 is 0 Å². The van der Waals surface area contributed by atoms with Crippen molar-refractivity contribution in [2.45, 2.75) is 6.92 Å². The fourth-order valence-corrected chi connectivity index (χ4v) is 1.16. The van der Waals surface area contributed by atoms with Crippen molar-refractivity contribution in [1.29, 1.82) is 0 Å². The van der Waals surface area contributed by atoms with Gasteiger partial charge in [-0.05, 0) is 12.4 Å². The quantitative estimate of drug-likeness (QED) is 0.711. The van der Waals surface area contributed by atoms with Crippen molar-refractivity contribution in [2.75, 3.05) is 0 Å². The van der Waals surface area contributed by atoms with Gasteiger partial charge in [-0.3, -0.25) is 4.79 Å². The molecule has 0 saturated carbocycles. The first-order valence-corrected chi connectivity index (χ1v) is 3.68. The van der Waals surface area contributed by atoms with E-state index in [1.165, 1.54) is 0 Å². The predicted octanol–water partition coefficient (Wildman–Crippen LogP) is 0.858. The van der Waals surface area contributed by atoms with Gasteiger partial charge < -0.3 is 9.97 Å². The van der Waals surface area contributed by atoms with Crippen molar-refractivity contribution in [3.05, 3.63) is 40.4 Å². The van der Waals surface area contributed by atoms with E-state index in [2.05, 4.69) is 9.97 Å². The van der Waals surface area contributed by atoms with Gasteiger partial charge in [-0.15, -0.1) is 0 Å². The molecule has 0 aliphatic carbocycles. The molecule has 4 heteroatoms. The summed E-state index contributed by atoms with van der Waals surface area (Å²) in [4.78, 5) is 19.1. The van der Waals surface area contributed by atoms with Crippen LogP contribution in [-0.2, 0) is 20.4 Å². The van der Waals surface area contributed by atoms with E-state index in [1.54, 1.807) is 13.0 Å². The molecule has 0 N–H and O–H groups in total. The third-order valence-corrected chi connectivity index (χ3v) is 1.68. The first-order valence-electron chi connectivity index (χ1n) is 3.68.